The first-order chi connectivity index (χ1) is 11.7. The summed E-state index contributed by atoms with van der Waals surface area (Å²) in [5, 5.41) is 9.22. The Morgan fingerprint density at radius 1 is 1.31 bits per heavy atom. The quantitative estimate of drug-likeness (QED) is 0.491. The molecular weight excluding hydrogens is 324 g/mol. The van der Waals surface area contributed by atoms with Crippen LogP contribution in [0.3, 0.4) is 0 Å². The lowest BCUT2D eigenvalue weighted by molar-refractivity contribution is -0.130. The van der Waals surface area contributed by atoms with E-state index in [2.05, 4.69) is 10.8 Å². The van der Waals surface area contributed by atoms with Crippen LogP contribution >= 0.6 is 0 Å². The van der Waals surface area contributed by atoms with Gasteiger partial charge in [0.05, 0.1) is 17.6 Å². The molecule has 0 spiro atoms. The van der Waals surface area contributed by atoms with Gasteiger partial charge in [-0.1, -0.05) is 40.2 Å². The van der Waals surface area contributed by atoms with Crippen LogP contribution in [0.2, 0.25) is 0 Å². The summed E-state index contributed by atoms with van der Waals surface area (Å²) in [4.78, 5) is 28.5. The van der Waals surface area contributed by atoms with Gasteiger partial charge in [0, 0.05) is 10.8 Å². The molecule has 3 aliphatic rings. The Hall–Kier alpha value is -2.90. The number of fused-ring (bicyclic) bond motifs is 3. The van der Waals surface area contributed by atoms with E-state index >= 15 is 0 Å². The van der Waals surface area contributed by atoms with E-state index < -0.39 is 16.2 Å². The molecule has 3 atom stereocenters. The Bertz CT molecular complexity index is 927. The summed E-state index contributed by atoms with van der Waals surface area (Å²) in [6, 6.07) is 1.93. The summed E-state index contributed by atoms with van der Waals surface area (Å²) in [5.41, 5.74) is -1.32. The molecule has 26 heavy (non-hydrogen) atoms. The van der Waals surface area contributed by atoms with E-state index in [1.807, 2.05) is 26.8 Å². The van der Waals surface area contributed by atoms with E-state index in [0.717, 1.165) is 5.57 Å². The Kier molecular flexibility index (Phi) is 4.35. The Balaban J connectivity index is 0.00000243. The lowest BCUT2D eigenvalue weighted by Gasteiger charge is -2.56. The SMILES string of the molecule is C.[C-]#[N+]C1=C[C@@]2(C)C3=CC(=O)C(C#N)=C[C@@]3(C#C)CCC2C(C)(C)C1=O. The highest BCUT2D eigenvalue weighted by molar-refractivity contribution is 6.09. The Morgan fingerprint density at radius 2 is 1.96 bits per heavy atom. The van der Waals surface area contributed by atoms with E-state index in [9.17, 15) is 14.9 Å². The van der Waals surface area contributed by atoms with Gasteiger partial charge in [-0.2, -0.15) is 5.26 Å². The predicted molar refractivity (Wildman–Crippen MR) is 99.1 cm³/mol. The minimum absolute atomic E-state index is 0. The lowest BCUT2D eigenvalue weighted by atomic mass is 9.46. The first-order valence-corrected chi connectivity index (χ1v) is 8.19. The van der Waals surface area contributed by atoms with Crippen molar-refractivity contribution in [3.8, 4) is 18.4 Å². The van der Waals surface area contributed by atoms with Crippen molar-refractivity contribution in [2.75, 3.05) is 0 Å². The standard InChI is InChI=1S/C21H18N2O2.CH4/c1-6-21-8-7-16-19(2,3)18(25)14(23-5)11-20(16,4)17(21)9-15(24)13(10-21)12-22;/h1,9-11,16H,7-8H2,2-4H3;1H4/t16?,20-,21-;/m1./s1. The average Bonchev–Trinajstić information content (AvgIpc) is 2.58. The number of carbonyl (C=O) groups is 2. The molecule has 4 nitrogen and oxygen atoms in total. The second-order valence-corrected chi connectivity index (χ2v) is 7.77. The molecule has 0 aromatic heterocycles. The summed E-state index contributed by atoms with van der Waals surface area (Å²) in [5.74, 6) is 2.21. The van der Waals surface area contributed by atoms with Crippen LogP contribution in [0.15, 0.2) is 35.1 Å². The average molecular weight is 346 g/mol. The fraction of sp³-hybridized carbons (Fsp3) is 0.455. The molecule has 0 aliphatic heterocycles. The fourth-order valence-electron chi connectivity index (χ4n) is 4.92. The topological polar surface area (TPSA) is 62.3 Å². The normalized spacial score (nSPS) is 34.3. The molecule has 3 rings (SSSR count). The van der Waals surface area contributed by atoms with Crippen LogP contribution in [0, 0.1) is 52.4 Å². The summed E-state index contributed by atoms with van der Waals surface area (Å²) < 4.78 is 0. The second kappa shape index (κ2) is 5.82. The molecule has 0 radical (unpaired) electrons. The molecule has 3 aliphatic carbocycles. The molecule has 0 aromatic rings. The minimum Gasteiger partial charge on any atom is -0.307 e. The molecule has 0 bridgehead atoms. The van der Waals surface area contributed by atoms with E-state index in [4.69, 9.17) is 13.0 Å². The van der Waals surface area contributed by atoms with Crippen molar-refractivity contribution in [3.63, 3.8) is 0 Å². The van der Waals surface area contributed by atoms with Crippen LogP contribution in [0.1, 0.15) is 41.0 Å². The first kappa shape index (κ1) is 19.4. The fourth-order valence-corrected chi connectivity index (χ4v) is 4.92. The molecule has 0 aromatic carbocycles. The Morgan fingerprint density at radius 3 is 2.50 bits per heavy atom. The van der Waals surface area contributed by atoms with Gasteiger partial charge in [-0.3, -0.25) is 4.79 Å². The van der Waals surface area contributed by atoms with Crippen LogP contribution in [0.25, 0.3) is 4.85 Å². The van der Waals surface area contributed by atoms with Crippen molar-refractivity contribution in [1.29, 1.82) is 5.26 Å². The van der Waals surface area contributed by atoms with E-state index in [1.165, 1.54) is 6.08 Å². The number of Topliss-reactive ketones (excluding diaryl/α,β-unsaturated/α-hetero) is 1. The largest absolute Gasteiger partial charge is 0.307 e. The van der Waals surface area contributed by atoms with Gasteiger partial charge < -0.3 is 4.79 Å². The number of nitrogens with zero attached hydrogens (tertiary/aromatic N) is 2. The zero-order chi connectivity index (χ0) is 18.6. The van der Waals surface area contributed by atoms with Crippen molar-refractivity contribution in [2.45, 2.75) is 41.0 Å². The number of nitriles is 1. The summed E-state index contributed by atoms with van der Waals surface area (Å²) >= 11 is 0. The summed E-state index contributed by atoms with van der Waals surface area (Å²) in [7, 11) is 0. The van der Waals surface area contributed by atoms with Crippen LogP contribution in [-0.2, 0) is 9.59 Å². The van der Waals surface area contributed by atoms with E-state index in [0.29, 0.717) is 12.8 Å². The monoisotopic (exact) mass is 346 g/mol. The van der Waals surface area contributed by atoms with Crippen molar-refractivity contribution in [1.82, 2.24) is 0 Å². The van der Waals surface area contributed by atoms with Gasteiger partial charge >= 0.3 is 0 Å². The predicted octanol–water partition coefficient (Wildman–Crippen LogP) is 4.03. The van der Waals surface area contributed by atoms with Crippen molar-refractivity contribution in [2.24, 2.45) is 22.2 Å². The molecule has 0 N–H and O–H groups in total. The Labute approximate surface area is 155 Å². The molecule has 132 valence electrons. The molecule has 0 heterocycles. The maximum atomic E-state index is 12.7. The van der Waals surface area contributed by atoms with Crippen LogP contribution in [0.4, 0.5) is 0 Å². The van der Waals surface area contributed by atoms with E-state index in [1.54, 1.807) is 12.2 Å². The molecule has 1 fully saturated rings. The molecule has 0 amide bonds. The smallest absolute Gasteiger partial charge is 0.226 e. The van der Waals surface area contributed by atoms with E-state index in [-0.39, 0.29) is 36.2 Å². The third-order valence-corrected chi connectivity index (χ3v) is 6.17. The number of hydrogen-bond donors (Lipinski definition) is 0. The molecule has 0 saturated heterocycles. The van der Waals surface area contributed by atoms with Crippen LogP contribution in [0.5, 0.6) is 0 Å². The van der Waals surface area contributed by atoms with Crippen molar-refractivity contribution < 1.29 is 9.59 Å². The molecule has 1 unspecified atom stereocenters. The van der Waals surface area contributed by atoms with Gasteiger partial charge in [0.15, 0.2) is 11.6 Å². The third-order valence-electron chi connectivity index (χ3n) is 6.17. The van der Waals surface area contributed by atoms with Gasteiger partial charge in [-0.25, -0.2) is 4.85 Å². The maximum absolute atomic E-state index is 12.7. The molecule has 4 heteroatoms. The van der Waals surface area contributed by atoms with Gasteiger partial charge in [-0.15, -0.1) is 6.42 Å². The van der Waals surface area contributed by atoms with Crippen LogP contribution < -0.4 is 0 Å². The number of carbonyl (C=O) groups excluding carboxylic acids is 2. The van der Waals surface area contributed by atoms with Gasteiger partial charge in [0.1, 0.15) is 6.07 Å². The second-order valence-electron chi connectivity index (χ2n) is 7.77. The minimum atomic E-state index is -0.815. The summed E-state index contributed by atoms with van der Waals surface area (Å²) in [6.07, 6.45) is 11.9. The number of ketones is 2. The zero-order valence-electron chi connectivity index (χ0n) is 14.5. The number of hydrogen-bond acceptors (Lipinski definition) is 3. The van der Waals surface area contributed by atoms with Crippen LogP contribution in [-0.4, -0.2) is 11.6 Å². The highest BCUT2D eigenvalue weighted by Gasteiger charge is 2.59. The van der Waals surface area contributed by atoms with Gasteiger partial charge in [0.2, 0.25) is 5.70 Å². The highest BCUT2D eigenvalue weighted by Crippen LogP contribution is 2.63. The van der Waals surface area contributed by atoms with Crippen molar-refractivity contribution >= 4 is 11.6 Å². The zero-order valence-corrected chi connectivity index (χ0v) is 14.5. The molecular formula is C22H22N2O2. The third kappa shape index (κ3) is 2.21. The number of allylic oxidation sites excluding steroid dienone is 6. The highest BCUT2D eigenvalue weighted by atomic mass is 16.1. The van der Waals surface area contributed by atoms with Crippen molar-refractivity contribution in [3.05, 3.63) is 46.5 Å². The van der Waals surface area contributed by atoms with Gasteiger partial charge in [-0.05, 0) is 36.5 Å². The summed E-state index contributed by atoms with van der Waals surface area (Å²) in [6.45, 7) is 13.1. The lowest BCUT2D eigenvalue weighted by Crippen LogP contribution is -2.53. The number of rotatable bonds is 0. The number of terminal acetylenes is 1. The molecule has 1 saturated carbocycles. The van der Waals surface area contributed by atoms with Gasteiger partial charge in [0.25, 0.3) is 0 Å². The maximum Gasteiger partial charge on any atom is 0.226 e. The first-order valence-electron chi connectivity index (χ1n) is 8.19.